The van der Waals surface area contributed by atoms with Crippen LogP contribution in [0.1, 0.15) is 11.3 Å². The van der Waals surface area contributed by atoms with E-state index in [1.165, 1.54) is 0 Å². The molecule has 0 spiro atoms. The first-order valence-electron chi connectivity index (χ1n) is 5.81. The Hall–Kier alpha value is -1.09. The van der Waals surface area contributed by atoms with Crippen LogP contribution in [0.4, 0.5) is 0 Å². The average Bonchev–Trinajstić information content (AvgIpc) is 2.38. The summed E-state index contributed by atoms with van der Waals surface area (Å²) in [5.41, 5.74) is 2.03. The lowest BCUT2D eigenvalue weighted by Crippen LogP contribution is -2.17. The zero-order chi connectivity index (χ0) is 12.8. The minimum atomic E-state index is 0.672. The molecule has 4 heteroatoms. The van der Waals surface area contributed by atoms with E-state index in [2.05, 4.69) is 10.3 Å². The molecule has 2 rings (SSSR count). The second-order valence-corrected chi connectivity index (χ2v) is 4.76. The van der Waals surface area contributed by atoms with Gasteiger partial charge in [0.1, 0.15) is 0 Å². The first kappa shape index (κ1) is 13.3. The van der Waals surface area contributed by atoms with Crippen molar-refractivity contribution in [3.05, 3.63) is 63.9 Å². The molecule has 0 atom stereocenters. The number of pyridine rings is 1. The van der Waals surface area contributed by atoms with E-state index in [1.54, 1.807) is 6.20 Å². The number of aromatic nitrogens is 1. The maximum atomic E-state index is 6.09. The standard InChI is InChI=1S/C14H14Cl2N2/c15-13-5-3-6-14(16)12(13)10-17-9-7-11-4-1-2-8-18-11/h1-6,8,17H,7,9-10H2. The Balaban J connectivity index is 1.82. The van der Waals surface area contributed by atoms with Crippen LogP contribution in [0.5, 0.6) is 0 Å². The van der Waals surface area contributed by atoms with E-state index in [-0.39, 0.29) is 0 Å². The number of nitrogens with zero attached hydrogens (tertiary/aromatic N) is 1. The summed E-state index contributed by atoms with van der Waals surface area (Å²) < 4.78 is 0. The zero-order valence-electron chi connectivity index (χ0n) is 9.87. The average molecular weight is 281 g/mol. The highest BCUT2D eigenvalue weighted by atomic mass is 35.5. The lowest BCUT2D eigenvalue weighted by atomic mass is 10.2. The number of rotatable bonds is 5. The van der Waals surface area contributed by atoms with E-state index in [9.17, 15) is 0 Å². The molecule has 94 valence electrons. The molecule has 2 aromatic rings. The number of benzene rings is 1. The van der Waals surface area contributed by atoms with Gasteiger partial charge in [-0.1, -0.05) is 35.3 Å². The smallest absolute Gasteiger partial charge is 0.0465 e. The van der Waals surface area contributed by atoms with Gasteiger partial charge in [-0.3, -0.25) is 4.98 Å². The molecule has 0 aliphatic carbocycles. The maximum Gasteiger partial charge on any atom is 0.0465 e. The van der Waals surface area contributed by atoms with Gasteiger partial charge in [-0.25, -0.2) is 0 Å². The quantitative estimate of drug-likeness (QED) is 0.845. The van der Waals surface area contributed by atoms with Crippen molar-refractivity contribution >= 4 is 23.2 Å². The molecule has 0 aliphatic rings. The van der Waals surface area contributed by atoms with Crippen molar-refractivity contribution in [3.8, 4) is 0 Å². The summed E-state index contributed by atoms with van der Waals surface area (Å²) in [5, 5.41) is 4.73. The van der Waals surface area contributed by atoms with E-state index in [0.717, 1.165) is 24.2 Å². The second kappa shape index (κ2) is 6.74. The van der Waals surface area contributed by atoms with Gasteiger partial charge in [0.15, 0.2) is 0 Å². The second-order valence-electron chi connectivity index (χ2n) is 3.95. The molecule has 1 N–H and O–H groups in total. The van der Waals surface area contributed by atoms with Crippen LogP contribution in [0.2, 0.25) is 10.0 Å². The number of nitrogens with one attached hydrogen (secondary N) is 1. The Morgan fingerprint density at radius 3 is 2.44 bits per heavy atom. The van der Waals surface area contributed by atoms with Crippen LogP contribution in [-0.2, 0) is 13.0 Å². The summed E-state index contributed by atoms with van der Waals surface area (Å²) in [5.74, 6) is 0. The van der Waals surface area contributed by atoms with E-state index >= 15 is 0 Å². The van der Waals surface area contributed by atoms with Crippen LogP contribution in [-0.4, -0.2) is 11.5 Å². The van der Waals surface area contributed by atoms with Crippen LogP contribution in [0.15, 0.2) is 42.6 Å². The number of hydrogen-bond donors (Lipinski definition) is 1. The minimum absolute atomic E-state index is 0.672. The van der Waals surface area contributed by atoms with Gasteiger partial charge in [0.25, 0.3) is 0 Å². The number of halogens is 2. The first-order valence-corrected chi connectivity index (χ1v) is 6.56. The molecule has 0 fully saturated rings. The third-order valence-electron chi connectivity index (χ3n) is 2.65. The van der Waals surface area contributed by atoms with Crippen molar-refractivity contribution in [2.24, 2.45) is 0 Å². The van der Waals surface area contributed by atoms with Gasteiger partial charge >= 0.3 is 0 Å². The lowest BCUT2D eigenvalue weighted by molar-refractivity contribution is 0.680. The molecule has 0 unspecified atom stereocenters. The summed E-state index contributed by atoms with van der Waals surface area (Å²) in [7, 11) is 0. The fourth-order valence-electron chi connectivity index (χ4n) is 1.68. The summed E-state index contributed by atoms with van der Waals surface area (Å²) in [6.45, 7) is 1.52. The summed E-state index contributed by atoms with van der Waals surface area (Å²) in [6.07, 6.45) is 2.70. The third kappa shape index (κ3) is 3.70. The molecule has 2 nitrogen and oxygen atoms in total. The molecule has 0 amide bonds. The van der Waals surface area contributed by atoms with Gasteiger partial charge < -0.3 is 5.32 Å². The predicted octanol–water partition coefficient (Wildman–Crippen LogP) is 3.72. The van der Waals surface area contributed by atoms with Gasteiger partial charge in [0, 0.05) is 47.0 Å². The first-order chi connectivity index (χ1) is 8.77. The molecule has 1 aromatic heterocycles. The largest absolute Gasteiger partial charge is 0.312 e. The molecule has 0 bridgehead atoms. The fraction of sp³-hybridized carbons (Fsp3) is 0.214. The van der Waals surface area contributed by atoms with Crippen molar-refractivity contribution in [2.75, 3.05) is 6.54 Å². The van der Waals surface area contributed by atoms with Crippen LogP contribution < -0.4 is 5.32 Å². The highest BCUT2D eigenvalue weighted by Gasteiger charge is 2.04. The molecule has 1 heterocycles. The van der Waals surface area contributed by atoms with Crippen LogP contribution in [0, 0.1) is 0 Å². The summed E-state index contributed by atoms with van der Waals surface area (Å²) in [6, 6.07) is 11.5. The Bertz CT molecular complexity index is 480. The van der Waals surface area contributed by atoms with Gasteiger partial charge in [-0.05, 0) is 24.3 Å². The predicted molar refractivity (Wildman–Crippen MR) is 76.1 cm³/mol. The molecular formula is C14H14Cl2N2. The lowest BCUT2D eigenvalue weighted by Gasteiger charge is -2.08. The third-order valence-corrected chi connectivity index (χ3v) is 3.36. The monoisotopic (exact) mass is 280 g/mol. The topological polar surface area (TPSA) is 24.9 Å². The summed E-state index contributed by atoms with van der Waals surface area (Å²) >= 11 is 12.2. The van der Waals surface area contributed by atoms with E-state index in [0.29, 0.717) is 16.6 Å². The Kier molecular flexibility index (Phi) is 5.00. The van der Waals surface area contributed by atoms with Crippen LogP contribution in [0.25, 0.3) is 0 Å². The SMILES string of the molecule is Clc1cccc(Cl)c1CNCCc1ccccn1. The summed E-state index contributed by atoms with van der Waals surface area (Å²) in [4.78, 5) is 4.27. The van der Waals surface area contributed by atoms with Crippen molar-refractivity contribution in [1.82, 2.24) is 10.3 Å². The molecule has 18 heavy (non-hydrogen) atoms. The Morgan fingerprint density at radius 2 is 1.78 bits per heavy atom. The van der Waals surface area contributed by atoms with Crippen molar-refractivity contribution < 1.29 is 0 Å². The maximum absolute atomic E-state index is 6.09. The van der Waals surface area contributed by atoms with Gasteiger partial charge in [0.05, 0.1) is 0 Å². The molecule has 0 radical (unpaired) electrons. The highest BCUT2D eigenvalue weighted by molar-refractivity contribution is 6.35. The van der Waals surface area contributed by atoms with Crippen LogP contribution in [0.3, 0.4) is 0 Å². The van der Waals surface area contributed by atoms with E-state index < -0.39 is 0 Å². The normalized spacial score (nSPS) is 10.6. The highest BCUT2D eigenvalue weighted by Crippen LogP contribution is 2.23. The van der Waals surface area contributed by atoms with Crippen LogP contribution >= 0.6 is 23.2 Å². The van der Waals surface area contributed by atoms with Crippen molar-refractivity contribution in [2.45, 2.75) is 13.0 Å². The Labute approximate surface area is 117 Å². The Morgan fingerprint density at radius 1 is 1.00 bits per heavy atom. The van der Waals surface area contributed by atoms with Crippen molar-refractivity contribution in [3.63, 3.8) is 0 Å². The van der Waals surface area contributed by atoms with Gasteiger partial charge in [-0.15, -0.1) is 0 Å². The molecule has 1 aromatic carbocycles. The molecule has 0 aliphatic heterocycles. The molecule has 0 saturated carbocycles. The number of hydrogen-bond acceptors (Lipinski definition) is 2. The fourth-order valence-corrected chi connectivity index (χ4v) is 2.21. The molecular weight excluding hydrogens is 267 g/mol. The van der Waals surface area contributed by atoms with Gasteiger partial charge in [0.2, 0.25) is 0 Å². The van der Waals surface area contributed by atoms with E-state index in [1.807, 2.05) is 36.4 Å². The van der Waals surface area contributed by atoms with E-state index in [4.69, 9.17) is 23.2 Å². The van der Waals surface area contributed by atoms with Gasteiger partial charge in [-0.2, -0.15) is 0 Å². The minimum Gasteiger partial charge on any atom is -0.312 e. The van der Waals surface area contributed by atoms with Crippen molar-refractivity contribution in [1.29, 1.82) is 0 Å². The molecule has 0 saturated heterocycles. The zero-order valence-corrected chi connectivity index (χ0v) is 11.4.